The van der Waals surface area contributed by atoms with E-state index in [0.717, 1.165) is 41.0 Å². The first-order valence-electron chi connectivity index (χ1n) is 8.67. The highest BCUT2D eigenvalue weighted by Crippen LogP contribution is 2.19. The molecule has 0 bridgehead atoms. The molecule has 1 heterocycles. The Kier molecular flexibility index (Phi) is 4.48. The molecule has 0 saturated heterocycles. The number of fused-ring (bicyclic) bond motifs is 1. The predicted octanol–water partition coefficient (Wildman–Crippen LogP) is 4.60. The summed E-state index contributed by atoms with van der Waals surface area (Å²) < 4.78 is 0. The quantitative estimate of drug-likeness (QED) is 0.557. The summed E-state index contributed by atoms with van der Waals surface area (Å²) in [7, 11) is 0. The maximum atomic E-state index is 12.4. The number of nitrogens with zero attached hydrogens (tertiary/aromatic N) is 1. The first-order chi connectivity index (χ1) is 12.8. The van der Waals surface area contributed by atoms with Gasteiger partial charge in [-0.15, -0.1) is 0 Å². The second-order valence-corrected chi connectivity index (χ2v) is 6.18. The molecule has 1 aromatic heterocycles. The van der Waals surface area contributed by atoms with Gasteiger partial charge >= 0.3 is 0 Å². The van der Waals surface area contributed by atoms with E-state index < -0.39 is 0 Å². The number of para-hydroxylation sites is 3. The van der Waals surface area contributed by atoms with Crippen molar-refractivity contribution < 1.29 is 4.79 Å². The molecule has 0 atom stereocenters. The van der Waals surface area contributed by atoms with E-state index in [4.69, 9.17) is 0 Å². The molecule has 0 aliphatic carbocycles. The van der Waals surface area contributed by atoms with Crippen LogP contribution in [0.2, 0.25) is 0 Å². The fourth-order valence-electron chi connectivity index (χ4n) is 3.02. The minimum absolute atomic E-state index is 0.0956. The first-order valence-corrected chi connectivity index (χ1v) is 8.67. The van der Waals surface area contributed by atoms with Gasteiger partial charge in [0.2, 0.25) is 0 Å². The van der Waals surface area contributed by atoms with Gasteiger partial charge in [-0.1, -0.05) is 48.5 Å². The number of nitrogens with one attached hydrogen (secondary N) is 2. The normalized spacial score (nSPS) is 10.8. The zero-order chi connectivity index (χ0) is 17.8. The molecule has 4 rings (SSSR count). The van der Waals surface area contributed by atoms with E-state index in [1.165, 1.54) is 0 Å². The Morgan fingerprint density at radius 2 is 1.58 bits per heavy atom. The van der Waals surface area contributed by atoms with E-state index >= 15 is 0 Å². The lowest BCUT2D eigenvalue weighted by atomic mass is 10.1. The average Bonchev–Trinajstić information content (AvgIpc) is 3.11. The third kappa shape index (κ3) is 3.49. The minimum Gasteiger partial charge on any atom is -0.342 e. The maximum absolute atomic E-state index is 12.4. The van der Waals surface area contributed by atoms with Crippen molar-refractivity contribution in [3.63, 3.8) is 0 Å². The number of carbonyl (C=O) groups excluding carboxylic acids is 1. The highest BCUT2D eigenvalue weighted by molar-refractivity contribution is 6.04. The van der Waals surface area contributed by atoms with Gasteiger partial charge in [0.1, 0.15) is 5.82 Å². The van der Waals surface area contributed by atoms with E-state index in [9.17, 15) is 4.79 Å². The molecule has 3 aromatic carbocycles. The van der Waals surface area contributed by atoms with Gasteiger partial charge in [-0.05, 0) is 42.3 Å². The summed E-state index contributed by atoms with van der Waals surface area (Å²) in [5.74, 6) is 0.858. The number of hydrogen-bond acceptors (Lipinski definition) is 2. The van der Waals surface area contributed by atoms with Crippen molar-refractivity contribution in [2.45, 2.75) is 12.8 Å². The summed E-state index contributed by atoms with van der Waals surface area (Å²) >= 11 is 0. The summed E-state index contributed by atoms with van der Waals surface area (Å²) in [6.45, 7) is 0. The number of aromatic amines is 1. The summed E-state index contributed by atoms with van der Waals surface area (Å²) in [6, 6.07) is 25.2. The lowest BCUT2D eigenvalue weighted by Crippen LogP contribution is -2.13. The van der Waals surface area contributed by atoms with E-state index in [2.05, 4.69) is 15.3 Å². The Labute approximate surface area is 151 Å². The summed E-state index contributed by atoms with van der Waals surface area (Å²) in [4.78, 5) is 20.4. The van der Waals surface area contributed by atoms with Crippen molar-refractivity contribution in [2.24, 2.45) is 0 Å². The number of rotatable bonds is 5. The third-order valence-electron chi connectivity index (χ3n) is 4.37. The van der Waals surface area contributed by atoms with Crippen LogP contribution < -0.4 is 5.32 Å². The van der Waals surface area contributed by atoms with Gasteiger partial charge < -0.3 is 10.3 Å². The number of hydrogen-bond donors (Lipinski definition) is 2. The number of anilines is 1. The van der Waals surface area contributed by atoms with Gasteiger partial charge in [0.05, 0.1) is 11.0 Å². The fraction of sp³-hybridized carbons (Fsp3) is 0.0909. The van der Waals surface area contributed by atoms with Crippen LogP contribution in [0.1, 0.15) is 21.7 Å². The van der Waals surface area contributed by atoms with Gasteiger partial charge in [-0.25, -0.2) is 4.98 Å². The number of benzene rings is 3. The van der Waals surface area contributed by atoms with Crippen LogP contribution in [0.25, 0.3) is 11.0 Å². The molecule has 0 aliphatic rings. The predicted molar refractivity (Wildman–Crippen MR) is 104 cm³/mol. The fourth-order valence-corrected chi connectivity index (χ4v) is 3.02. The lowest BCUT2D eigenvalue weighted by molar-refractivity contribution is 0.102. The van der Waals surface area contributed by atoms with Crippen molar-refractivity contribution in [1.82, 2.24) is 9.97 Å². The number of carbonyl (C=O) groups is 1. The minimum atomic E-state index is -0.0956. The van der Waals surface area contributed by atoms with Crippen LogP contribution in [0.15, 0.2) is 78.9 Å². The van der Waals surface area contributed by atoms with E-state index in [1.54, 1.807) is 0 Å². The van der Waals surface area contributed by atoms with Crippen molar-refractivity contribution in [1.29, 1.82) is 0 Å². The van der Waals surface area contributed by atoms with Gasteiger partial charge in [0.15, 0.2) is 0 Å². The number of H-pyrrole nitrogens is 1. The van der Waals surface area contributed by atoms with Crippen LogP contribution in [-0.4, -0.2) is 15.9 Å². The van der Waals surface area contributed by atoms with Gasteiger partial charge in [-0.2, -0.15) is 0 Å². The molecule has 0 fully saturated rings. The van der Waals surface area contributed by atoms with E-state index in [-0.39, 0.29) is 5.91 Å². The smallest absolute Gasteiger partial charge is 0.255 e. The molecule has 26 heavy (non-hydrogen) atoms. The first kappa shape index (κ1) is 16.1. The van der Waals surface area contributed by atoms with Crippen LogP contribution in [-0.2, 0) is 12.8 Å². The average molecular weight is 341 g/mol. The zero-order valence-corrected chi connectivity index (χ0v) is 14.3. The monoisotopic (exact) mass is 341 g/mol. The van der Waals surface area contributed by atoms with Crippen LogP contribution in [0, 0.1) is 0 Å². The SMILES string of the molecule is O=C(Nc1ccccc1CCc1nc2ccccc2[nH]1)c1ccccc1. The van der Waals surface area contributed by atoms with E-state index in [0.29, 0.717) is 5.56 Å². The molecule has 128 valence electrons. The molecular formula is C22H19N3O. The Balaban J connectivity index is 1.49. The van der Waals surface area contributed by atoms with Crippen molar-refractivity contribution >= 4 is 22.6 Å². The third-order valence-corrected chi connectivity index (χ3v) is 4.37. The van der Waals surface area contributed by atoms with Crippen molar-refractivity contribution in [3.8, 4) is 0 Å². The maximum Gasteiger partial charge on any atom is 0.255 e. The van der Waals surface area contributed by atoms with E-state index in [1.807, 2.05) is 78.9 Å². The molecule has 0 radical (unpaired) electrons. The van der Waals surface area contributed by atoms with Crippen LogP contribution in [0.4, 0.5) is 5.69 Å². The molecule has 0 spiro atoms. The second kappa shape index (κ2) is 7.23. The zero-order valence-electron chi connectivity index (χ0n) is 14.3. The summed E-state index contributed by atoms with van der Waals surface area (Å²) in [6.07, 6.45) is 1.58. The number of aromatic nitrogens is 2. The molecule has 2 N–H and O–H groups in total. The summed E-state index contributed by atoms with van der Waals surface area (Å²) in [5.41, 5.74) is 4.62. The lowest BCUT2D eigenvalue weighted by Gasteiger charge is -2.10. The summed E-state index contributed by atoms with van der Waals surface area (Å²) in [5, 5.41) is 3.02. The Bertz CT molecular complexity index is 1000. The van der Waals surface area contributed by atoms with Gasteiger partial charge in [0.25, 0.3) is 5.91 Å². The van der Waals surface area contributed by atoms with Crippen LogP contribution in [0.3, 0.4) is 0 Å². The van der Waals surface area contributed by atoms with Gasteiger partial charge in [-0.3, -0.25) is 4.79 Å². The largest absolute Gasteiger partial charge is 0.342 e. The molecule has 4 nitrogen and oxygen atoms in total. The highest BCUT2D eigenvalue weighted by Gasteiger charge is 2.09. The second-order valence-electron chi connectivity index (χ2n) is 6.18. The Morgan fingerprint density at radius 3 is 2.42 bits per heavy atom. The Morgan fingerprint density at radius 1 is 0.846 bits per heavy atom. The standard InChI is InChI=1S/C22H19N3O/c26-22(17-9-2-1-3-10-17)25-18-11-5-4-8-16(18)14-15-21-23-19-12-6-7-13-20(19)24-21/h1-13H,14-15H2,(H,23,24)(H,25,26). The molecule has 1 amide bonds. The van der Waals surface area contributed by atoms with Crippen molar-refractivity contribution in [2.75, 3.05) is 5.32 Å². The highest BCUT2D eigenvalue weighted by atomic mass is 16.1. The Hall–Kier alpha value is -3.40. The molecule has 4 heteroatoms. The number of amides is 1. The molecular weight excluding hydrogens is 322 g/mol. The number of imidazole rings is 1. The molecule has 0 saturated carbocycles. The number of aryl methyl sites for hydroxylation is 2. The molecule has 0 unspecified atom stereocenters. The van der Waals surface area contributed by atoms with Gasteiger partial charge in [0, 0.05) is 17.7 Å². The van der Waals surface area contributed by atoms with Crippen molar-refractivity contribution in [3.05, 3.63) is 95.8 Å². The molecule has 4 aromatic rings. The van der Waals surface area contributed by atoms with Crippen LogP contribution >= 0.6 is 0 Å². The topological polar surface area (TPSA) is 57.8 Å². The molecule has 0 aliphatic heterocycles. The van der Waals surface area contributed by atoms with Crippen LogP contribution in [0.5, 0.6) is 0 Å².